The van der Waals surface area contributed by atoms with Crippen LogP contribution in [0.5, 0.6) is 0 Å². The highest BCUT2D eigenvalue weighted by Crippen LogP contribution is 2.48. The molecular weight excluding hydrogens is 332 g/mol. The number of carbonyl (C=O) groups excluding carboxylic acids is 2. The second-order valence-corrected chi connectivity index (χ2v) is 9.30. The van der Waals surface area contributed by atoms with E-state index in [4.69, 9.17) is 0 Å². The zero-order valence-corrected chi connectivity index (χ0v) is 15.8. The molecule has 134 valence electrons. The number of nitrogens with zero attached hydrogens (tertiary/aromatic N) is 2. The Morgan fingerprint density at radius 1 is 1.36 bits per heavy atom. The average Bonchev–Trinajstić information content (AvgIpc) is 3.35. The fraction of sp³-hybridized carbons (Fsp3) is 0.600. The minimum absolute atomic E-state index is 0.134. The van der Waals surface area contributed by atoms with E-state index < -0.39 is 0 Å². The van der Waals surface area contributed by atoms with Crippen molar-refractivity contribution >= 4 is 23.6 Å². The van der Waals surface area contributed by atoms with Gasteiger partial charge in [0.25, 0.3) is 0 Å². The maximum atomic E-state index is 13.5. The van der Waals surface area contributed by atoms with E-state index in [9.17, 15) is 9.59 Å². The molecule has 0 N–H and O–H groups in total. The zero-order chi connectivity index (χ0) is 17.6. The standard InChI is InChI=1S/C20H26N2O2S/c1-14(16-8-9-16)21(12-15-6-4-3-5-7-15)19(24)17-13-25-20(2)11-10-18(23)22(17)20/h3-7,14,16-17H,8-13H2,1-2H3. The van der Waals surface area contributed by atoms with Crippen LogP contribution in [-0.2, 0) is 16.1 Å². The van der Waals surface area contributed by atoms with Crippen LogP contribution in [0.25, 0.3) is 0 Å². The first kappa shape index (κ1) is 17.0. The number of fused-ring (bicyclic) bond motifs is 1. The van der Waals surface area contributed by atoms with E-state index in [2.05, 4.69) is 26.0 Å². The first-order valence-electron chi connectivity index (χ1n) is 9.30. The van der Waals surface area contributed by atoms with Gasteiger partial charge in [0.2, 0.25) is 11.8 Å². The molecule has 4 nitrogen and oxygen atoms in total. The smallest absolute Gasteiger partial charge is 0.246 e. The molecule has 3 unspecified atom stereocenters. The summed E-state index contributed by atoms with van der Waals surface area (Å²) in [4.78, 5) is 29.6. The number of hydrogen-bond acceptors (Lipinski definition) is 3. The lowest BCUT2D eigenvalue weighted by atomic mass is 10.1. The highest BCUT2D eigenvalue weighted by Gasteiger charge is 2.54. The van der Waals surface area contributed by atoms with Gasteiger partial charge >= 0.3 is 0 Å². The lowest BCUT2D eigenvalue weighted by molar-refractivity contribution is -0.146. The molecule has 2 saturated heterocycles. The normalized spacial score (nSPS) is 29.6. The molecule has 1 aromatic carbocycles. The van der Waals surface area contributed by atoms with Gasteiger partial charge in [0.1, 0.15) is 6.04 Å². The van der Waals surface area contributed by atoms with Gasteiger partial charge in [0.05, 0.1) is 4.87 Å². The quantitative estimate of drug-likeness (QED) is 0.811. The van der Waals surface area contributed by atoms with Crippen molar-refractivity contribution < 1.29 is 9.59 Å². The van der Waals surface area contributed by atoms with Gasteiger partial charge in [-0.2, -0.15) is 0 Å². The maximum Gasteiger partial charge on any atom is 0.246 e. The van der Waals surface area contributed by atoms with Crippen LogP contribution in [0.2, 0.25) is 0 Å². The molecule has 3 aliphatic rings. The van der Waals surface area contributed by atoms with Gasteiger partial charge in [-0.1, -0.05) is 30.3 Å². The molecule has 0 radical (unpaired) electrons. The Hall–Kier alpha value is -1.49. The van der Waals surface area contributed by atoms with Crippen LogP contribution < -0.4 is 0 Å². The Bertz CT molecular complexity index is 676. The summed E-state index contributed by atoms with van der Waals surface area (Å²) < 4.78 is 0. The molecule has 3 atom stereocenters. The molecule has 25 heavy (non-hydrogen) atoms. The maximum absolute atomic E-state index is 13.5. The van der Waals surface area contributed by atoms with Crippen molar-refractivity contribution in [2.75, 3.05) is 5.75 Å². The highest BCUT2D eigenvalue weighted by atomic mass is 32.2. The van der Waals surface area contributed by atoms with Crippen molar-refractivity contribution in [3.63, 3.8) is 0 Å². The molecule has 4 rings (SSSR count). The fourth-order valence-electron chi connectivity index (χ4n) is 4.23. The van der Waals surface area contributed by atoms with Gasteiger partial charge < -0.3 is 9.80 Å². The zero-order valence-electron chi connectivity index (χ0n) is 15.0. The molecule has 2 heterocycles. The number of amides is 2. The molecule has 0 aromatic heterocycles. The van der Waals surface area contributed by atoms with Crippen LogP contribution in [0.15, 0.2) is 30.3 Å². The molecule has 2 aliphatic heterocycles. The second kappa shape index (κ2) is 6.35. The van der Waals surface area contributed by atoms with Gasteiger partial charge in [0, 0.05) is 24.8 Å². The van der Waals surface area contributed by atoms with Gasteiger partial charge in [0.15, 0.2) is 0 Å². The van der Waals surface area contributed by atoms with Crippen molar-refractivity contribution in [3.05, 3.63) is 35.9 Å². The van der Waals surface area contributed by atoms with Crippen LogP contribution in [0.4, 0.5) is 0 Å². The summed E-state index contributed by atoms with van der Waals surface area (Å²) in [6.07, 6.45) is 3.85. The van der Waals surface area contributed by atoms with Gasteiger partial charge in [-0.15, -0.1) is 11.8 Å². The van der Waals surface area contributed by atoms with Crippen LogP contribution >= 0.6 is 11.8 Å². The molecule has 5 heteroatoms. The molecule has 3 fully saturated rings. The number of hydrogen-bond donors (Lipinski definition) is 0. The molecule has 0 bridgehead atoms. The van der Waals surface area contributed by atoms with E-state index in [1.165, 1.54) is 12.8 Å². The van der Waals surface area contributed by atoms with Crippen LogP contribution in [-0.4, -0.2) is 44.3 Å². The number of thioether (sulfide) groups is 1. The first-order chi connectivity index (χ1) is 12.0. The minimum Gasteiger partial charge on any atom is -0.334 e. The topological polar surface area (TPSA) is 40.6 Å². The van der Waals surface area contributed by atoms with E-state index in [0.29, 0.717) is 18.9 Å². The van der Waals surface area contributed by atoms with Crippen molar-refractivity contribution in [2.45, 2.75) is 63.0 Å². The second-order valence-electron chi connectivity index (χ2n) is 7.80. The lowest BCUT2D eigenvalue weighted by Crippen LogP contribution is -2.53. The predicted molar refractivity (Wildman–Crippen MR) is 99.9 cm³/mol. The van der Waals surface area contributed by atoms with E-state index >= 15 is 0 Å². The average molecular weight is 359 g/mol. The van der Waals surface area contributed by atoms with Gasteiger partial charge in [-0.25, -0.2) is 0 Å². The predicted octanol–water partition coefficient (Wildman–Crippen LogP) is 3.27. The Morgan fingerprint density at radius 2 is 2.08 bits per heavy atom. The SMILES string of the molecule is CC(C1CC1)N(Cc1ccccc1)C(=O)C1CSC2(C)CCC(=O)N12. The molecule has 0 spiro atoms. The van der Waals surface area contributed by atoms with Crippen molar-refractivity contribution in [3.8, 4) is 0 Å². The largest absolute Gasteiger partial charge is 0.334 e. The third kappa shape index (κ3) is 3.07. The number of rotatable bonds is 5. The third-order valence-corrected chi connectivity index (χ3v) is 7.51. The molecule has 1 aromatic rings. The lowest BCUT2D eigenvalue weighted by Gasteiger charge is -2.36. The van der Waals surface area contributed by atoms with Crippen molar-refractivity contribution in [2.24, 2.45) is 5.92 Å². The third-order valence-electron chi connectivity index (χ3n) is 6.00. The van der Waals surface area contributed by atoms with Crippen LogP contribution in [0, 0.1) is 5.92 Å². The van der Waals surface area contributed by atoms with Crippen LogP contribution in [0.1, 0.15) is 45.1 Å². The summed E-state index contributed by atoms with van der Waals surface area (Å²) in [6, 6.07) is 10.1. The summed E-state index contributed by atoms with van der Waals surface area (Å²) in [7, 11) is 0. The summed E-state index contributed by atoms with van der Waals surface area (Å²) in [5.74, 6) is 1.62. The molecule has 1 saturated carbocycles. The summed E-state index contributed by atoms with van der Waals surface area (Å²) in [5.41, 5.74) is 1.16. The molecule has 2 amide bonds. The highest BCUT2D eigenvalue weighted by molar-refractivity contribution is 8.01. The van der Waals surface area contributed by atoms with Gasteiger partial charge in [-0.05, 0) is 44.6 Å². The van der Waals surface area contributed by atoms with Gasteiger partial charge in [-0.3, -0.25) is 9.59 Å². The Kier molecular flexibility index (Phi) is 4.30. The monoisotopic (exact) mass is 358 g/mol. The fourth-order valence-corrected chi connectivity index (χ4v) is 5.65. The number of carbonyl (C=O) groups is 2. The van der Waals surface area contributed by atoms with E-state index in [-0.39, 0.29) is 28.8 Å². The summed E-state index contributed by atoms with van der Waals surface area (Å²) in [5, 5.41) is 0. The summed E-state index contributed by atoms with van der Waals surface area (Å²) in [6.45, 7) is 4.92. The van der Waals surface area contributed by atoms with Crippen molar-refractivity contribution in [1.29, 1.82) is 0 Å². The van der Waals surface area contributed by atoms with Crippen molar-refractivity contribution in [1.82, 2.24) is 9.80 Å². The van der Waals surface area contributed by atoms with E-state index in [1.54, 1.807) is 11.8 Å². The Labute approximate surface area is 153 Å². The Balaban J connectivity index is 1.58. The first-order valence-corrected chi connectivity index (χ1v) is 10.3. The molecule has 1 aliphatic carbocycles. The molecular formula is C20H26N2O2S. The van der Waals surface area contributed by atoms with E-state index in [1.807, 2.05) is 28.0 Å². The Morgan fingerprint density at radius 3 is 2.76 bits per heavy atom. The summed E-state index contributed by atoms with van der Waals surface area (Å²) >= 11 is 1.77. The van der Waals surface area contributed by atoms with Crippen LogP contribution in [0.3, 0.4) is 0 Å². The number of benzene rings is 1. The van der Waals surface area contributed by atoms with E-state index in [0.717, 1.165) is 17.7 Å². The minimum atomic E-state index is -0.296.